The van der Waals surface area contributed by atoms with Crippen LogP contribution in [-0.2, 0) is 6.42 Å². The van der Waals surface area contributed by atoms with E-state index < -0.39 is 4.92 Å². The van der Waals surface area contributed by atoms with Gasteiger partial charge in [-0.25, -0.2) is 0 Å². The molecule has 1 aromatic rings. The second-order valence-corrected chi connectivity index (χ2v) is 4.90. The highest BCUT2D eigenvalue weighted by Crippen LogP contribution is 2.24. The molecule has 0 heterocycles. The van der Waals surface area contributed by atoms with Gasteiger partial charge in [-0.2, -0.15) is 5.26 Å². The minimum Gasteiger partial charge on any atom is -0.312 e. The minimum atomic E-state index is -0.391. The standard InChI is InChI=1S/C14H17N3O2/c15-10-12-2-1-3-14(12)16-9-8-11-4-6-13(7-5-11)17(18)19/h4-7,12,14,16H,1-3,8-9H2. The molecule has 5 nitrogen and oxygen atoms in total. The summed E-state index contributed by atoms with van der Waals surface area (Å²) in [5, 5.41) is 22.9. The van der Waals surface area contributed by atoms with E-state index in [1.807, 2.05) is 0 Å². The van der Waals surface area contributed by atoms with Crippen LogP contribution >= 0.6 is 0 Å². The molecule has 2 unspecified atom stereocenters. The summed E-state index contributed by atoms with van der Waals surface area (Å²) in [6, 6.07) is 9.29. The average Bonchev–Trinajstić information content (AvgIpc) is 2.87. The lowest BCUT2D eigenvalue weighted by Crippen LogP contribution is -2.33. The van der Waals surface area contributed by atoms with Crippen LogP contribution in [0.25, 0.3) is 0 Å². The normalized spacial score (nSPS) is 22.1. The Labute approximate surface area is 112 Å². The third kappa shape index (κ3) is 3.52. The Morgan fingerprint density at radius 2 is 2.11 bits per heavy atom. The van der Waals surface area contributed by atoms with Crippen molar-refractivity contribution in [3.8, 4) is 6.07 Å². The molecule has 1 aliphatic rings. The summed E-state index contributed by atoms with van der Waals surface area (Å²) in [5.74, 6) is 0.136. The lowest BCUT2D eigenvalue weighted by molar-refractivity contribution is -0.384. The summed E-state index contributed by atoms with van der Waals surface area (Å²) in [6.07, 6.45) is 4.00. The van der Waals surface area contributed by atoms with E-state index in [-0.39, 0.29) is 11.6 Å². The third-order valence-electron chi connectivity index (χ3n) is 3.65. The molecule has 0 radical (unpaired) electrons. The van der Waals surface area contributed by atoms with Crippen molar-refractivity contribution in [1.82, 2.24) is 5.32 Å². The van der Waals surface area contributed by atoms with Crippen molar-refractivity contribution < 1.29 is 4.92 Å². The van der Waals surface area contributed by atoms with E-state index in [1.54, 1.807) is 12.1 Å². The lowest BCUT2D eigenvalue weighted by atomic mass is 10.1. The Morgan fingerprint density at radius 3 is 2.74 bits per heavy atom. The van der Waals surface area contributed by atoms with Crippen LogP contribution in [0.15, 0.2) is 24.3 Å². The molecule has 2 rings (SSSR count). The SMILES string of the molecule is N#CC1CCCC1NCCc1ccc([N+](=O)[O-])cc1. The smallest absolute Gasteiger partial charge is 0.269 e. The third-order valence-corrected chi connectivity index (χ3v) is 3.65. The second kappa shape index (κ2) is 6.30. The zero-order valence-electron chi connectivity index (χ0n) is 10.7. The first-order valence-electron chi connectivity index (χ1n) is 6.57. The maximum atomic E-state index is 10.5. The number of nitro benzene ring substituents is 1. The first-order chi connectivity index (χ1) is 9.20. The van der Waals surface area contributed by atoms with Crippen molar-refractivity contribution in [2.75, 3.05) is 6.54 Å². The molecule has 0 spiro atoms. The highest BCUT2D eigenvalue weighted by atomic mass is 16.6. The van der Waals surface area contributed by atoms with Crippen LogP contribution in [0.1, 0.15) is 24.8 Å². The van der Waals surface area contributed by atoms with Gasteiger partial charge in [-0.05, 0) is 31.4 Å². The van der Waals surface area contributed by atoms with Crippen LogP contribution in [0.4, 0.5) is 5.69 Å². The summed E-state index contributed by atoms with van der Waals surface area (Å²) in [4.78, 5) is 10.1. The number of nitro groups is 1. The lowest BCUT2D eigenvalue weighted by Gasteiger charge is -2.15. The molecule has 1 aromatic carbocycles. The Morgan fingerprint density at radius 1 is 1.37 bits per heavy atom. The number of hydrogen-bond acceptors (Lipinski definition) is 4. The number of non-ortho nitro benzene ring substituents is 1. The van der Waals surface area contributed by atoms with E-state index in [4.69, 9.17) is 5.26 Å². The molecule has 100 valence electrons. The van der Waals surface area contributed by atoms with Gasteiger partial charge in [0.25, 0.3) is 5.69 Å². The minimum absolute atomic E-state index is 0.122. The zero-order chi connectivity index (χ0) is 13.7. The highest BCUT2D eigenvalue weighted by Gasteiger charge is 2.26. The fourth-order valence-electron chi connectivity index (χ4n) is 2.55. The van der Waals surface area contributed by atoms with Crippen LogP contribution in [0.3, 0.4) is 0 Å². The quantitative estimate of drug-likeness (QED) is 0.650. The van der Waals surface area contributed by atoms with Gasteiger partial charge < -0.3 is 5.32 Å². The maximum Gasteiger partial charge on any atom is 0.269 e. The topological polar surface area (TPSA) is 79.0 Å². The van der Waals surface area contributed by atoms with Crippen LogP contribution in [0.5, 0.6) is 0 Å². The fourth-order valence-corrected chi connectivity index (χ4v) is 2.55. The Balaban J connectivity index is 1.79. The van der Waals surface area contributed by atoms with E-state index in [0.29, 0.717) is 6.04 Å². The van der Waals surface area contributed by atoms with Gasteiger partial charge in [0.15, 0.2) is 0 Å². The number of nitriles is 1. The first kappa shape index (κ1) is 13.5. The Bertz CT molecular complexity index is 478. The van der Waals surface area contributed by atoms with Gasteiger partial charge in [0.2, 0.25) is 0 Å². The van der Waals surface area contributed by atoms with Gasteiger partial charge in [0.05, 0.1) is 16.9 Å². The van der Waals surface area contributed by atoms with E-state index in [1.165, 1.54) is 12.1 Å². The largest absolute Gasteiger partial charge is 0.312 e. The summed E-state index contributed by atoms with van der Waals surface area (Å²) in [7, 11) is 0. The molecule has 19 heavy (non-hydrogen) atoms. The molecule has 0 saturated heterocycles. The Hall–Kier alpha value is -1.93. The molecule has 1 aliphatic carbocycles. The molecule has 1 N–H and O–H groups in total. The van der Waals surface area contributed by atoms with Gasteiger partial charge in [-0.1, -0.05) is 18.6 Å². The first-order valence-corrected chi connectivity index (χ1v) is 6.57. The van der Waals surface area contributed by atoms with Gasteiger partial charge in [0.1, 0.15) is 0 Å². The summed E-state index contributed by atoms with van der Waals surface area (Å²) < 4.78 is 0. The number of nitrogens with zero attached hydrogens (tertiary/aromatic N) is 2. The van der Waals surface area contributed by atoms with Crippen LogP contribution in [0.2, 0.25) is 0 Å². The molecule has 2 atom stereocenters. The molecule has 5 heteroatoms. The Kier molecular flexibility index (Phi) is 4.48. The monoisotopic (exact) mass is 259 g/mol. The van der Waals surface area contributed by atoms with Crippen molar-refractivity contribution in [1.29, 1.82) is 5.26 Å². The molecular formula is C14H17N3O2. The molecule has 1 saturated carbocycles. The van der Waals surface area contributed by atoms with Gasteiger partial charge >= 0.3 is 0 Å². The van der Waals surface area contributed by atoms with E-state index in [9.17, 15) is 10.1 Å². The summed E-state index contributed by atoms with van der Waals surface area (Å²) >= 11 is 0. The molecule has 1 fully saturated rings. The fraction of sp³-hybridized carbons (Fsp3) is 0.500. The van der Waals surface area contributed by atoms with Gasteiger partial charge in [-0.15, -0.1) is 0 Å². The van der Waals surface area contributed by atoms with Crippen molar-refractivity contribution in [3.05, 3.63) is 39.9 Å². The van der Waals surface area contributed by atoms with Crippen molar-refractivity contribution in [2.24, 2.45) is 5.92 Å². The molecule has 0 aromatic heterocycles. The van der Waals surface area contributed by atoms with Gasteiger partial charge in [0, 0.05) is 18.2 Å². The van der Waals surface area contributed by atoms with Gasteiger partial charge in [-0.3, -0.25) is 10.1 Å². The molecule has 0 amide bonds. The van der Waals surface area contributed by atoms with Crippen molar-refractivity contribution in [2.45, 2.75) is 31.7 Å². The predicted molar refractivity (Wildman–Crippen MR) is 71.5 cm³/mol. The molecule has 0 aliphatic heterocycles. The number of hydrogen-bond donors (Lipinski definition) is 1. The summed E-state index contributed by atoms with van der Waals surface area (Å²) in [5.41, 5.74) is 1.20. The van der Waals surface area contributed by atoms with E-state index >= 15 is 0 Å². The molecular weight excluding hydrogens is 242 g/mol. The maximum absolute atomic E-state index is 10.5. The van der Waals surface area contributed by atoms with Crippen molar-refractivity contribution in [3.63, 3.8) is 0 Å². The highest BCUT2D eigenvalue weighted by molar-refractivity contribution is 5.32. The van der Waals surface area contributed by atoms with E-state index in [0.717, 1.165) is 37.8 Å². The van der Waals surface area contributed by atoms with Crippen LogP contribution < -0.4 is 5.32 Å². The number of benzene rings is 1. The van der Waals surface area contributed by atoms with Crippen LogP contribution in [-0.4, -0.2) is 17.5 Å². The van der Waals surface area contributed by atoms with Crippen LogP contribution in [0, 0.1) is 27.4 Å². The van der Waals surface area contributed by atoms with Crippen molar-refractivity contribution >= 4 is 5.69 Å². The predicted octanol–water partition coefficient (Wildman–Crippen LogP) is 2.42. The zero-order valence-corrected chi connectivity index (χ0v) is 10.7. The number of rotatable bonds is 5. The average molecular weight is 259 g/mol. The summed E-state index contributed by atoms with van der Waals surface area (Å²) in [6.45, 7) is 0.806. The number of nitrogens with one attached hydrogen (secondary N) is 1. The molecule has 0 bridgehead atoms. The second-order valence-electron chi connectivity index (χ2n) is 4.90. The van der Waals surface area contributed by atoms with E-state index in [2.05, 4.69) is 11.4 Å².